The summed E-state index contributed by atoms with van der Waals surface area (Å²) in [7, 11) is 0. The van der Waals surface area contributed by atoms with E-state index in [-0.39, 0.29) is 5.82 Å². The van der Waals surface area contributed by atoms with Crippen molar-refractivity contribution in [2.24, 2.45) is 0 Å². The van der Waals surface area contributed by atoms with E-state index in [1.165, 1.54) is 40.1 Å². The first-order valence-corrected chi connectivity index (χ1v) is 13.9. The van der Waals surface area contributed by atoms with Crippen molar-refractivity contribution in [1.82, 2.24) is 4.57 Å². The largest absolute Gasteiger partial charge is 0.345 e. The summed E-state index contributed by atoms with van der Waals surface area (Å²) in [5.41, 5.74) is 8.84. The molecule has 0 radical (unpaired) electrons. The van der Waals surface area contributed by atoms with Gasteiger partial charge >= 0.3 is 0 Å². The summed E-state index contributed by atoms with van der Waals surface area (Å²) in [6.45, 7) is 25.6. The minimum absolute atomic E-state index is 0.194. The number of allylic oxidation sites excluding steroid dienone is 5. The number of nitrogens with zero attached hydrogens (tertiary/aromatic N) is 1. The van der Waals surface area contributed by atoms with E-state index in [4.69, 9.17) is 9.59 Å². The molecule has 0 aliphatic heterocycles. The molecule has 3 aromatic carbocycles. The summed E-state index contributed by atoms with van der Waals surface area (Å²) >= 11 is 0. The van der Waals surface area contributed by atoms with Crippen molar-refractivity contribution in [3.63, 3.8) is 0 Å². The van der Waals surface area contributed by atoms with Gasteiger partial charge in [0, 0.05) is 17.9 Å². The molecule has 1 aromatic heterocycles. The summed E-state index contributed by atoms with van der Waals surface area (Å²) in [5.74, 6) is -0.194. The minimum Gasteiger partial charge on any atom is -0.345 e. The number of rotatable bonds is 6. The number of benzene rings is 3. The molecule has 0 aliphatic carbocycles. The molecule has 3 nitrogen and oxygen atoms in total. The van der Waals surface area contributed by atoms with E-state index in [1.807, 2.05) is 63.0 Å². The van der Waals surface area contributed by atoms with Crippen LogP contribution in [0, 0.1) is 26.6 Å². The van der Waals surface area contributed by atoms with Gasteiger partial charge in [0.05, 0.1) is 0 Å². The monoisotopic (exact) mass is 581 g/mol. The quantitative estimate of drug-likeness (QED) is 0.213. The summed E-state index contributed by atoms with van der Waals surface area (Å²) in [4.78, 5) is 16.0. The van der Waals surface area contributed by atoms with E-state index in [9.17, 15) is 4.39 Å². The molecule has 0 saturated heterocycles. The van der Waals surface area contributed by atoms with Crippen LogP contribution in [0.25, 0.3) is 11.3 Å². The molecule has 0 N–H and O–H groups in total. The number of aromatic nitrogens is 1. The van der Waals surface area contributed by atoms with E-state index in [0.717, 1.165) is 24.2 Å². The first kappa shape index (κ1) is 40.3. The van der Waals surface area contributed by atoms with Crippen LogP contribution in [0.4, 0.5) is 4.39 Å². The second-order valence-corrected chi connectivity index (χ2v) is 8.88. The van der Waals surface area contributed by atoms with Crippen LogP contribution >= 0.6 is 0 Å². The molecule has 0 atom stereocenters. The third kappa shape index (κ3) is 16.3. The van der Waals surface area contributed by atoms with Crippen molar-refractivity contribution in [3.05, 3.63) is 169 Å². The van der Waals surface area contributed by atoms with E-state index in [0.29, 0.717) is 0 Å². The highest BCUT2D eigenvalue weighted by molar-refractivity contribution is 5.63. The van der Waals surface area contributed by atoms with E-state index in [2.05, 4.69) is 94.5 Å². The number of hydrogen-bond acceptors (Lipinski definition) is 2. The second kappa shape index (κ2) is 26.1. The highest BCUT2D eigenvalue weighted by Gasteiger charge is 2.13. The van der Waals surface area contributed by atoms with Gasteiger partial charge in [-0.15, -0.1) is 0 Å². The van der Waals surface area contributed by atoms with Crippen LogP contribution < -0.4 is 0 Å². The highest BCUT2D eigenvalue weighted by atomic mass is 19.1. The van der Waals surface area contributed by atoms with Gasteiger partial charge in [0.15, 0.2) is 0 Å². The van der Waals surface area contributed by atoms with Crippen molar-refractivity contribution in [3.8, 4) is 11.3 Å². The molecule has 0 aliphatic rings. The molecular weight excluding hydrogens is 533 g/mol. The molecule has 4 aromatic rings. The normalized spacial score (nSPS) is 8.98. The fourth-order valence-corrected chi connectivity index (χ4v) is 3.83. The zero-order valence-corrected chi connectivity index (χ0v) is 26.6. The lowest BCUT2D eigenvalue weighted by atomic mass is 10.0. The zero-order valence-electron chi connectivity index (χ0n) is 26.6. The standard InChI is InChI=1S/C21H22FN.C7H8.C5H8.C4H6.2CH2O/c1-4-23-16(3)19(13-18-8-6-5-7-15(18)2)14-21(23)17-9-11-20(22)12-10-17;1-7-5-3-2-4-6-7;1-3-5-4-2;1-3-4-2;2*1-2/h5-12,14H,4,13H2,1-3H3;2-6H,1H3;3-5H,1H2,2H3;3-4H,1-2H2;2*1H2/b;;5-4-;;;. The molecule has 228 valence electrons. The molecule has 0 unspecified atom stereocenters. The Morgan fingerprint density at radius 1 is 0.721 bits per heavy atom. The predicted molar refractivity (Wildman–Crippen MR) is 185 cm³/mol. The average molecular weight is 582 g/mol. The molecule has 0 bridgehead atoms. The molecule has 0 amide bonds. The maximum atomic E-state index is 13.2. The lowest BCUT2D eigenvalue weighted by Crippen LogP contribution is -2.00. The van der Waals surface area contributed by atoms with Crippen LogP contribution in [0.15, 0.2) is 135 Å². The smallest absolute Gasteiger partial charge is 0.123 e. The topological polar surface area (TPSA) is 39.1 Å². The summed E-state index contributed by atoms with van der Waals surface area (Å²) < 4.78 is 15.5. The Morgan fingerprint density at radius 3 is 1.65 bits per heavy atom. The Labute approximate surface area is 259 Å². The van der Waals surface area contributed by atoms with Gasteiger partial charge < -0.3 is 14.2 Å². The average Bonchev–Trinajstić information content (AvgIpc) is 3.36. The molecule has 43 heavy (non-hydrogen) atoms. The number of aryl methyl sites for hydroxylation is 2. The fraction of sp³-hybridized carbons (Fsp3) is 0.179. The van der Waals surface area contributed by atoms with Crippen LogP contribution in [0.2, 0.25) is 0 Å². The van der Waals surface area contributed by atoms with Crippen LogP contribution in [0.3, 0.4) is 0 Å². The fourth-order valence-electron chi connectivity index (χ4n) is 3.83. The van der Waals surface area contributed by atoms with Crippen LogP contribution in [0.5, 0.6) is 0 Å². The maximum absolute atomic E-state index is 13.2. The van der Waals surface area contributed by atoms with Crippen LogP contribution in [0.1, 0.15) is 41.8 Å². The van der Waals surface area contributed by atoms with E-state index >= 15 is 0 Å². The van der Waals surface area contributed by atoms with Crippen LogP contribution in [-0.4, -0.2) is 18.1 Å². The van der Waals surface area contributed by atoms with Gasteiger partial charge in [-0.1, -0.05) is 110 Å². The Morgan fingerprint density at radius 2 is 1.26 bits per heavy atom. The van der Waals surface area contributed by atoms with Crippen molar-refractivity contribution < 1.29 is 14.0 Å². The van der Waals surface area contributed by atoms with Crippen molar-refractivity contribution in [1.29, 1.82) is 0 Å². The highest BCUT2D eigenvalue weighted by Crippen LogP contribution is 2.28. The van der Waals surface area contributed by atoms with Gasteiger partial charge in [-0.05, 0) is 93.6 Å². The Balaban J connectivity index is 0. The first-order valence-electron chi connectivity index (χ1n) is 13.9. The minimum atomic E-state index is -0.194. The second-order valence-electron chi connectivity index (χ2n) is 8.88. The SMILES string of the molecule is C=C/C=C\C.C=CC=C.C=O.C=O.CCn1c(-c2ccc(F)cc2)cc(Cc2ccccc2C)c1C.Cc1ccccc1. The van der Waals surface area contributed by atoms with Gasteiger partial charge in [0.1, 0.15) is 19.4 Å². The predicted octanol–water partition coefficient (Wildman–Crippen LogP) is 10.3. The van der Waals surface area contributed by atoms with E-state index < -0.39 is 0 Å². The Bertz CT molecular complexity index is 1330. The van der Waals surface area contributed by atoms with E-state index in [1.54, 1.807) is 18.2 Å². The molecular formula is C39H48FNO2. The summed E-state index contributed by atoms with van der Waals surface area (Å²) in [6.07, 6.45) is 9.78. The molecule has 4 rings (SSSR count). The third-order valence-electron chi connectivity index (χ3n) is 6.01. The van der Waals surface area contributed by atoms with Crippen LogP contribution in [-0.2, 0) is 22.6 Å². The molecule has 4 heteroatoms. The molecule has 1 heterocycles. The van der Waals surface area contributed by atoms with Crippen molar-refractivity contribution in [2.45, 2.75) is 47.6 Å². The van der Waals surface area contributed by atoms with Gasteiger partial charge in [-0.3, -0.25) is 0 Å². The van der Waals surface area contributed by atoms with Gasteiger partial charge in [0.25, 0.3) is 0 Å². The Hall–Kier alpha value is -4.83. The lowest BCUT2D eigenvalue weighted by molar-refractivity contribution is -0.0987. The zero-order chi connectivity index (χ0) is 33.0. The Kier molecular flexibility index (Phi) is 24.5. The summed E-state index contributed by atoms with van der Waals surface area (Å²) in [5, 5.41) is 0. The molecule has 0 saturated carbocycles. The number of hydrogen-bond donors (Lipinski definition) is 0. The van der Waals surface area contributed by atoms with Gasteiger partial charge in [-0.2, -0.15) is 0 Å². The van der Waals surface area contributed by atoms with Crippen molar-refractivity contribution >= 4 is 13.6 Å². The maximum Gasteiger partial charge on any atom is 0.123 e. The number of halogens is 1. The molecule has 0 spiro atoms. The third-order valence-corrected chi connectivity index (χ3v) is 6.01. The number of carbonyl (C=O) groups is 2. The summed E-state index contributed by atoms with van der Waals surface area (Å²) in [6, 6.07) is 27.8. The van der Waals surface area contributed by atoms with Crippen molar-refractivity contribution in [2.75, 3.05) is 0 Å². The lowest BCUT2D eigenvalue weighted by Gasteiger charge is -2.09. The van der Waals surface area contributed by atoms with Gasteiger partial charge in [0.2, 0.25) is 0 Å². The first-order chi connectivity index (χ1) is 20.8. The van der Waals surface area contributed by atoms with Gasteiger partial charge in [-0.25, -0.2) is 4.39 Å². The molecule has 0 fully saturated rings. The number of carbonyl (C=O) groups excluding carboxylic acids is 2.